The van der Waals surface area contributed by atoms with Gasteiger partial charge in [0, 0.05) is 39.9 Å². The molecule has 2 aromatic carbocycles. The van der Waals surface area contributed by atoms with Gasteiger partial charge in [-0.05, 0) is 66.8 Å². The molecule has 3 aromatic rings. The molecule has 1 saturated heterocycles. The molecule has 1 aliphatic carbocycles. The summed E-state index contributed by atoms with van der Waals surface area (Å²) >= 11 is 1.54. The van der Waals surface area contributed by atoms with Crippen LogP contribution in [-0.4, -0.2) is 34.4 Å². The lowest BCUT2D eigenvalue weighted by molar-refractivity contribution is 0.0912. The maximum Gasteiger partial charge on any atom is 0.251 e. The number of aromatic nitrogens is 1. The molecule has 1 N–H and O–H groups in total. The minimum absolute atomic E-state index is 0.0256. The molecule has 0 radical (unpaired) electrons. The lowest BCUT2D eigenvalue weighted by atomic mass is 10.0. The Morgan fingerprint density at radius 1 is 1.12 bits per heavy atom. The van der Waals surface area contributed by atoms with E-state index in [1.807, 2.05) is 30.3 Å². The van der Waals surface area contributed by atoms with Gasteiger partial charge in [-0.15, -0.1) is 0 Å². The lowest BCUT2D eigenvalue weighted by Crippen LogP contribution is -2.48. The van der Waals surface area contributed by atoms with E-state index in [0.29, 0.717) is 11.5 Å². The molecular weight excluding hydrogens is 423 g/mol. The summed E-state index contributed by atoms with van der Waals surface area (Å²) in [5, 5.41) is 12.4. The van der Waals surface area contributed by atoms with Gasteiger partial charge in [0.1, 0.15) is 5.82 Å². The number of piperidine rings is 1. The zero-order chi connectivity index (χ0) is 22.1. The largest absolute Gasteiger partial charge is 0.347 e. The third-order valence-corrected chi connectivity index (χ3v) is 7.29. The second-order valence-electron chi connectivity index (χ2n) is 8.24. The fraction of sp³-hybridized carbons (Fsp3) is 0.240. The first-order valence-corrected chi connectivity index (χ1v) is 11.4. The summed E-state index contributed by atoms with van der Waals surface area (Å²) in [6.07, 6.45) is 7.69. The number of nitrogens with zero attached hydrogens (tertiary/aromatic N) is 3. The normalized spacial score (nSPS) is 21.4. The van der Waals surface area contributed by atoms with Crippen molar-refractivity contribution in [3.63, 3.8) is 0 Å². The van der Waals surface area contributed by atoms with E-state index in [4.69, 9.17) is 0 Å². The molecule has 1 amide bonds. The number of nitriles is 1. The summed E-state index contributed by atoms with van der Waals surface area (Å²) in [4.78, 5) is 20.8. The highest BCUT2D eigenvalue weighted by atomic mass is 32.2. The summed E-state index contributed by atoms with van der Waals surface area (Å²) in [6, 6.07) is 15.9. The second kappa shape index (κ2) is 8.64. The first-order chi connectivity index (χ1) is 15.6. The predicted octanol–water partition coefficient (Wildman–Crippen LogP) is 4.71. The van der Waals surface area contributed by atoms with Crippen molar-refractivity contribution in [2.45, 2.75) is 34.7 Å². The molecule has 5 rings (SSSR count). The number of hydrogen-bond donors (Lipinski definition) is 1. The van der Waals surface area contributed by atoms with Crippen LogP contribution < -0.4 is 5.32 Å². The maximum absolute atomic E-state index is 13.2. The molecule has 1 saturated carbocycles. The number of amides is 1. The van der Waals surface area contributed by atoms with Gasteiger partial charge >= 0.3 is 0 Å². The van der Waals surface area contributed by atoms with Gasteiger partial charge in [-0.25, -0.2) is 4.39 Å². The highest BCUT2D eigenvalue weighted by Gasteiger charge is 2.45. The van der Waals surface area contributed by atoms with E-state index in [1.54, 1.807) is 41.2 Å². The lowest BCUT2D eigenvalue weighted by Gasteiger charge is -2.29. The highest BCUT2D eigenvalue weighted by molar-refractivity contribution is 7.99. The van der Waals surface area contributed by atoms with Crippen LogP contribution in [-0.2, 0) is 0 Å². The van der Waals surface area contributed by atoms with Gasteiger partial charge < -0.3 is 10.2 Å². The summed E-state index contributed by atoms with van der Waals surface area (Å²) in [7, 11) is 0. The highest BCUT2D eigenvalue weighted by Crippen LogP contribution is 2.38. The number of benzene rings is 2. The van der Waals surface area contributed by atoms with Crippen molar-refractivity contribution in [3.8, 4) is 17.3 Å². The number of carbonyl (C=O) groups excluding carboxylic acids is 1. The number of likely N-dealkylation sites (tertiary alicyclic amines) is 1. The third kappa shape index (κ3) is 4.06. The molecule has 5 nitrogen and oxygen atoms in total. The van der Waals surface area contributed by atoms with E-state index >= 15 is 0 Å². The van der Waals surface area contributed by atoms with Gasteiger partial charge in [0.15, 0.2) is 6.19 Å². The van der Waals surface area contributed by atoms with Gasteiger partial charge in [-0.2, -0.15) is 5.26 Å². The zero-order valence-electron chi connectivity index (χ0n) is 17.2. The Morgan fingerprint density at radius 2 is 1.91 bits per heavy atom. The van der Waals surface area contributed by atoms with Crippen LogP contribution >= 0.6 is 11.8 Å². The molecule has 2 heterocycles. The Kier molecular flexibility index (Phi) is 5.54. The first-order valence-electron chi connectivity index (χ1n) is 10.6. The topological polar surface area (TPSA) is 69.0 Å². The summed E-state index contributed by atoms with van der Waals surface area (Å²) in [6.45, 7) is 0.811. The van der Waals surface area contributed by atoms with Crippen LogP contribution in [0.25, 0.3) is 11.1 Å². The number of fused-ring (bicyclic) bond motifs is 2. The monoisotopic (exact) mass is 444 g/mol. The van der Waals surface area contributed by atoms with Crippen molar-refractivity contribution < 1.29 is 9.18 Å². The second-order valence-corrected chi connectivity index (χ2v) is 9.36. The Balaban J connectivity index is 1.30. The minimum atomic E-state index is -0.260. The molecule has 3 atom stereocenters. The molecule has 160 valence electrons. The number of pyridine rings is 1. The van der Waals surface area contributed by atoms with Crippen LogP contribution in [0.5, 0.6) is 0 Å². The average Bonchev–Trinajstić information content (AvgIpc) is 3.41. The van der Waals surface area contributed by atoms with E-state index < -0.39 is 0 Å². The van der Waals surface area contributed by atoms with Gasteiger partial charge in [-0.1, -0.05) is 23.9 Å². The Hall–Kier alpha value is -3.37. The molecule has 7 heteroatoms. The van der Waals surface area contributed by atoms with E-state index in [1.165, 1.54) is 12.1 Å². The summed E-state index contributed by atoms with van der Waals surface area (Å²) in [5.41, 5.74) is 2.50. The van der Waals surface area contributed by atoms with E-state index in [0.717, 1.165) is 40.3 Å². The average molecular weight is 445 g/mol. The van der Waals surface area contributed by atoms with E-state index in [9.17, 15) is 14.4 Å². The molecule has 3 unspecified atom stereocenters. The quantitative estimate of drug-likeness (QED) is 0.577. The van der Waals surface area contributed by atoms with Crippen LogP contribution in [0, 0.1) is 23.2 Å². The van der Waals surface area contributed by atoms with Gasteiger partial charge in [0.05, 0.1) is 12.1 Å². The molecule has 2 bridgehead atoms. The van der Waals surface area contributed by atoms with Crippen molar-refractivity contribution in [2.24, 2.45) is 5.92 Å². The van der Waals surface area contributed by atoms with Crippen LogP contribution in [0.15, 0.2) is 76.8 Å². The summed E-state index contributed by atoms with van der Waals surface area (Å²) < 4.78 is 13.2. The number of carbonyl (C=O) groups is 1. The molecule has 32 heavy (non-hydrogen) atoms. The Bertz CT molecular complexity index is 1180. The fourth-order valence-corrected chi connectivity index (χ4v) is 5.60. The molecular formula is C25H21FN4OS. The smallest absolute Gasteiger partial charge is 0.251 e. The van der Waals surface area contributed by atoms with Crippen molar-refractivity contribution >= 4 is 17.7 Å². The fourth-order valence-electron chi connectivity index (χ4n) is 4.67. The molecule has 2 aliphatic rings. The molecule has 1 aromatic heterocycles. The number of hydrogen-bond acceptors (Lipinski definition) is 5. The van der Waals surface area contributed by atoms with Crippen LogP contribution in [0.1, 0.15) is 23.2 Å². The third-order valence-electron chi connectivity index (χ3n) is 6.21. The standard InChI is InChI=1S/C25H21FN4OS/c26-19-5-7-20(8-6-19)32-24-9-10-28-13-21(24)17-1-3-18(4-2-17)25(31)29-22-11-16-12-23(22)30(14-16)15-27/h1-10,13,16,22-23H,11-12,14H2,(H,29,31). The first kappa shape index (κ1) is 20.5. The number of nitrogens with one attached hydrogen (secondary N) is 1. The van der Waals surface area contributed by atoms with Crippen molar-refractivity contribution in [1.29, 1.82) is 5.26 Å². The molecule has 1 aliphatic heterocycles. The Morgan fingerprint density at radius 3 is 2.62 bits per heavy atom. The van der Waals surface area contributed by atoms with Gasteiger partial charge in [0.25, 0.3) is 5.91 Å². The van der Waals surface area contributed by atoms with Gasteiger partial charge in [0.2, 0.25) is 0 Å². The zero-order valence-corrected chi connectivity index (χ0v) is 18.1. The summed E-state index contributed by atoms with van der Waals surface area (Å²) in [5.74, 6) is 0.123. The molecule has 0 spiro atoms. The van der Waals surface area contributed by atoms with E-state index in [2.05, 4.69) is 16.5 Å². The maximum atomic E-state index is 13.2. The van der Waals surface area contributed by atoms with Crippen LogP contribution in [0.3, 0.4) is 0 Å². The SMILES string of the molecule is N#CN1CC2CC(NC(=O)c3ccc(-c4cnccc4Sc4ccc(F)cc4)cc3)C1C2. The van der Waals surface area contributed by atoms with Gasteiger partial charge in [-0.3, -0.25) is 9.78 Å². The number of halogens is 1. The van der Waals surface area contributed by atoms with E-state index in [-0.39, 0.29) is 23.8 Å². The van der Waals surface area contributed by atoms with Crippen molar-refractivity contribution in [2.75, 3.05) is 6.54 Å². The molecule has 2 fully saturated rings. The minimum Gasteiger partial charge on any atom is -0.347 e. The Labute approximate surface area is 190 Å². The number of rotatable bonds is 5. The van der Waals surface area contributed by atoms with Crippen molar-refractivity contribution in [1.82, 2.24) is 15.2 Å². The van der Waals surface area contributed by atoms with Crippen LogP contribution in [0.4, 0.5) is 4.39 Å². The van der Waals surface area contributed by atoms with Crippen LogP contribution in [0.2, 0.25) is 0 Å². The van der Waals surface area contributed by atoms with Crippen molar-refractivity contribution in [3.05, 3.63) is 78.4 Å². The predicted molar refractivity (Wildman–Crippen MR) is 120 cm³/mol.